The number of carbonyl (C=O) groups is 2. The number of esters is 2. The van der Waals surface area contributed by atoms with E-state index in [9.17, 15) is 14.7 Å². The minimum atomic E-state index is -1.22. The molecule has 0 spiro atoms. The number of carbonyl (C=O) groups excluding carboxylic acids is 2. The molecule has 1 aliphatic carbocycles. The first-order valence-corrected chi connectivity index (χ1v) is 7.57. The van der Waals surface area contributed by atoms with Crippen LogP contribution in [0.4, 0.5) is 0 Å². The Morgan fingerprint density at radius 1 is 1.27 bits per heavy atom. The highest BCUT2D eigenvalue weighted by Gasteiger charge is 2.52. The van der Waals surface area contributed by atoms with E-state index in [-0.39, 0.29) is 18.0 Å². The second kappa shape index (κ2) is 6.70. The van der Waals surface area contributed by atoms with Crippen molar-refractivity contribution in [3.8, 4) is 11.8 Å². The van der Waals surface area contributed by atoms with Crippen LogP contribution in [-0.2, 0) is 19.1 Å². The first-order chi connectivity index (χ1) is 9.98. The molecule has 1 N–H and O–H groups in total. The maximum absolute atomic E-state index is 11.1. The topological polar surface area (TPSA) is 72.8 Å². The van der Waals surface area contributed by atoms with Crippen molar-refractivity contribution in [3.63, 3.8) is 0 Å². The Morgan fingerprint density at radius 2 is 1.86 bits per heavy atom. The Labute approximate surface area is 132 Å². The normalized spacial score (nSPS) is 31.4. The van der Waals surface area contributed by atoms with Gasteiger partial charge in [0.1, 0.15) is 11.7 Å². The highest BCUT2D eigenvalue weighted by molar-refractivity contribution is 5.66. The predicted octanol–water partition coefficient (Wildman–Crippen LogP) is 2.06. The third kappa shape index (κ3) is 4.23. The van der Waals surface area contributed by atoms with E-state index < -0.39 is 23.1 Å². The van der Waals surface area contributed by atoms with E-state index in [0.717, 1.165) is 0 Å². The fraction of sp³-hybridized carbons (Fsp3) is 0.765. The van der Waals surface area contributed by atoms with Crippen molar-refractivity contribution in [1.29, 1.82) is 0 Å². The van der Waals surface area contributed by atoms with Crippen molar-refractivity contribution < 1.29 is 24.2 Å². The van der Waals surface area contributed by atoms with Gasteiger partial charge in [0, 0.05) is 25.2 Å². The Hall–Kier alpha value is -1.54. The Bertz CT molecular complexity index is 499. The maximum atomic E-state index is 11.1. The molecule has 0 heterocycles. The molecule has 0 amide bonds. The van der Waals surface area contributed by atoms with Crippen LogP contribution in [0.25, 0.3) is 0 Å². The van der Waals surface area contributed by atoms with Gasteiger partial charge in [-0.15, -0.1) is 0 Å². The minimum absolute atomic E-state index is 0.169. The number of rotatable bonds is 2. The summed E-state index contributed by atoms with van der Waals surface area (Å²) in [5.41, 5.74) is -1.77. The lowest BCUT2D eigenvalue weighted by molar-refractivity contribution is -0.164. The molecule has 1 aliphatic rings. The van der Waals surface area contributed by atoms with Gasteiger partial charge in [0.25, 0.3) is 0 Å². The van der Waals surface area contributed by atoms with Gasteiger partial charge in [-0.2, -0.15) is 0 Å². The molecule has 2 unspecified atom stereocenters. The summed E-state index contributed by atoms with van der Waals surface area (Å²) in [4.78, 5) is 22.1. The molecule has 0 aromatic carbocycles. The van der Waals surface area contributed by atoms with Gasteiger partial charge in [-0.25, -0.2) is 0 Å². The van der Waals surface area contributed by atoms with Crippen molar-refractivity contribution in [2.24, 2.45) is 11.3 Å². The van der Waals surface area contributed by atoms with Crippen LogP contribution < -0.4 is 0 Å². The predicted molar refractivity (Wildman–Crippen MR) is 81.7 cm³/mol. The van der Waals surface area contributed by atoms with E-state index in [0.29, 0.717) is 12.8 Å². The third-order valence-electron chi connectivity index (χ3n) is 4.24. The highest BCUT2D eigenvalue weighted by Crippen LogP contribution is 2.47. The summed E-state index contributed by atoms with van der Waals surface area (Å²) in [6, 6.07) is 0. The standard InChI is InChI=1S/C17H26O5/c1-11-9-15(22-14(4)19)10-16(5,6)17(11,20)8-7-12(2)21-13(3)18/h11-12,15,20H,9-10H2,1-6H3/t11-,12?,15-,17?/m1/s1. The van der Waals surface area contributed by atoms with Crippen LogP contribution in [0, 0.1) is 23.2 Å². The van der Waals surface area contributed by atoms with E-state index >= 15 is 0 Å². The molecule has 5 heteroatoms. The zero-order chi connectivity index (χ0) is 17.1. The van der Waals surface area contributed by atoms with Gasteiger partial charge >= 0.3 is 11.9 Å². The molecule has 1 saturated carbocycles. The molecule has 0 aromatic rings. The average Bonchev–Trinajstić information content (AvgIpc) is 2.31. The van der Waals surface area contributed by atoms with E-state index in [1.165, 1.54) is 13.8 Å². The molecule has 124 valence electrons. The first-order valence-electron chi connectivity index (χ1n) is 7.57. The summed E-state index contributed by atoms with van der Waals surface area (Å²) >= 11 is 0. The lowest BCUT2D eigenvalue weighted by Gasteiger charge is -2.49. The van der Waals surface area contributed by atoms with Crippen molar-refractivity contribution in [2.45, 2.75) is 72.2 Å². The fourth-order valence-electron chi connectivity index (χ4n) is 3.15. The van der Waals surface area contributed by atoms with E-state index in [1.807, 2.05) is 20.8 Å². The van der Waals surface area contributed by atoms with Crippen LogP contribution in [0.3, 0.4) is 0 Å². The summed E-state index contributed by atoms with van der Waals surface area (Å²) < 4.78 is 10.3. The SMILES string of the molecule is CC(=O)OC(C)C#CC1(O)[C@H](C)C[C@@H](OC(C)=O)CC1(C)C. The second-order valence-corrected chi connectivity index (χ2v) is 6.74. The lowest BCUT2D eigenvalue weighted by Crippen LogP contribution is -2.55. The van der Waals surface area contributed by atoms with Crippen LogP contribution in [0.5, 0.6) is 0 Å². The fourth-order valence-corrected chi connectivity index (χ4v) is 3.15. The zero-order valence-corrected chi connectivity index (χ0v) is 14.2. The van der Waals surface area contributed by atoms with Crippen molar-refractivity contribution in [3.05, 3.63) is 0 Å². The Balaban J connectivity index is 2.95. The molecule has 1 fully saturated rings. The van der Waals surface area contributed by atoms with Crippen molar-refractivity contribution >= 4 is 11.9 Å². The molecule has 0 radical (unpaired) electrons. The zero-order valence-electron chi connectivity index (χ0n) is 14.2. The second-order valence-electron chi connectivity index (χ2n) is 6.74. The van der Waals surface area contributed by atoms with Crippen LogP contribution in [-0.4, -0.2) is 34.9 Å². The van der Waals surface area contributed by atoms with Gasteiger partial charge in [-0.05, 0) is 19.8 Å². The number of hydrogen-bond acceptors (Lipinski definition) is 5. The summed E-state index contributed by atoms with van der Waals surface area (Å²) in [7, 11) is 0. The lowest BCUT2D eigenvalue weighted by atomic mass is 9.60. The molecule has 0 bridgehead atoms. The molecular formula is C17H26O5. The molecule has 0 saturated heterocycles. The third-order valence-corrected chi connectivity index (χ3v) is 4.24. The molecule has 1 rings (SSSR count). The number of aliphatic hydroxyl groups is 1. The van der Waals surface area contributed by atoms with Gasteiger partial charge in [-0.1, -0.05) is 32.6 Å². The summed E-state index contributed by atoms with van der Waals surface area (Å²) in [5, 5.41) is 11.0. The Kier molecular flexibility index (Phi) is 5.64. The van der Waals surface area contributed by atoms with Crippen LogP contribution in [0.15, 0.2) is 0 Å². The molecule has 0 aromatic heterocycles. The Morgan fingerprint density at radius 3 is 2.32 bits per heavy atom. The largest absolute Gasteiger partial charge is 0.463 e. The van der Waals surface area contributed by atoms with Crippen LogP contribution in [0.2, 0.25) is 0 Å². The molecular weight excluding hydrogens is 284 g/mol. The van der Waals surface area contributed by atoms with Gasteiger partial charge in [0.2, 0.25) is 0 Å². The van der Waals surface area contributed by atoms with Crippen LogP contribution in [0.1, 0.15) is 54.4 Å². The van der Waals surface area contributed by atoms with E-state index in [4.69, 9.17) is 9.47 Å². The quantitative estimate of drug-likeness (QED) is 0.624. The minimum Gasteiger partial charge on any atom is -0.463 e. The van der Waals surface area contributed by atoms with Gasteiger partial charge in [0.15, 0.2) is 6.10 Å². The van der Waals surface area contributed by atoms with E-state index in [2.05, 4.69) is 11.8 Å². The van der Waals surface area contributed by atoms with Crippen molar-refractivity contribution in [2.75, 3.05) is 0 Å². The summed E-state index contributed by atoms with van der Waals surface area (Å²) in [6.07, 6.45) is 0.298. The average molecular weight is 310 g/mol. The number of ether oxygens (including phenoxy) is 2. The number of hydrogen-bond donors (Lipinski definition) is 1. The molecule has 0 aliphatic heterocycles. The van der Waals surface area contributed by atoms with Crippen molar-refractivity contribution in [1.82, 2.24) is 0 Å². The molecule has 22 heavy (non-hydrogen) atoms. The van der Waals surface area contributed by atoms with Crippen LogP contribution >= 0.6 is 0 Å². The van der Waals surface area contributed by atoms with Gasteiger partial charge in [0.05, 0.1) is 0 Å². The summed E-state index contributed by atoms with van der Waals surface area (Å²) in [6.45, 7) is 10.1. The van der Waals surface area contributed by atoms with Gasteiger partial charge < -0.3 is 14.6 Å². The molecule has 4 atom stereocenters. The highest BCUT2D eigenvalue weighted by atomic mass is 16.5. The monoisotopic (exact) mass is 310 g/mol. The maximum Gasteiger partial charge on any atom is 0.303 e. The first kappa shape index (κ1) is 18.5. The smallest absolute Gasteiger partial charge is 0.303 e. The van der Waals surface area contributed by atoms with E-state index in [1.54, 1.807) is 6.92 Å². The summed E-state index contributed by atoms with van der Waals surface area (Å²) in [5.74, 6) is 4.84. The van der Waals surface area contributed by atoms with Gasteiger partial charge in [-0.3, -0.25) is 9.59 Å². The molecule has 5 nitrogen and oxygen atoms in total.